The van der Waals surface area contributed by atoms with Gasteiger partial charge in [-0.05, 0) is 34.5 Å². The summed E-state index contributed by atoms with van der Waals surface area (Å²) < 4.78 is 2.78. The normalized spacial score (nSPS) is 13.3. The van der Waals surface area contributed by atoms with Crippen LogP contribution in [-0.4, -0.2) is 21.1 Å². The molecule has 0 aliphatic heterocycles. The van der Waals surface area contributed by atoms with Gasteiger partial charge in [-0.3, -0.25) is 0 Å². The molecule has 0 radical (unpaired) electrons. The Morgan fingerprint density at radius 3 is 3.00 bits per heavy atom. The van der Waals surface area contributed by atoms with E-state index in [1.807, 2.05) is 29.7 Å². The molecule has 0 amide bonds. The van der Waals surface area contributed by atoms with Gasteiger partial charge < -0.3 is 15.2 Å². The lowest BCUT2D eigenvalue weighted by Crippen LogP contribution is -2.15. The molecule has 0 aliphatic rings. The minimum absolute atomic E-state index is 0.0551. The zero-order valence-corrected chi connectivity index (χ0v) is 9.90. The van der Waals surface area contributed by atoms with Crippen LogP contribution < -0.4 is 5.73 Å². The van der Waals surface area contributed by atoms with Gasteiger partial charge >= 0.3 is 0 Å². The third-order valence-corrected chi connectivity index (χ3v) is 3.00. The topological polar surface area (TPSA) is 63.5 Å². The quantitative estimate of drug-likeness (QED) is 0.867. The number of hydrogen-bond donors (Lipinski definition) is 2. The Bertz CT molecular complexity index is 495. The predicted octanol–water partition coefficient (Wildman–Crippen LogP) is 1.40. The summed E-state index contributed by atoms with van der Waals surface area (Å²) in [6, 6.07) is 3.51. The number of pyridine rings is 1. The third kappa shape index (κ3) is 1.78. The monoisotopic (exact) mass is 269 g/mol. The van der Waals surface area contributed by atoms with Crippen molar-refractivity contribution >= 4 is 21.4 Å². The van der Waals surface area contributed by atoms with Crippen molar-refractivity contribution in [3.8, 4) is 0 Å². The lowest BCUT2D eigenvalue weighted by Gasteiger charge is -2.09. The van der Waals surface area contributed by atoms with Crippen LogP contribution in [-0.2, 0) is 0 Å². The number of rotatable bonds is 2. The molecule has 5 heteroatoms. The van der Waals surface area contributed by atoms with Crippen LogP contribution in [0.4, 0.5) is 0 Å². The fraction of sp³-hybridized carbons (Fsp3) is 0.300. The SMILES string of the molecule is Cc1nc(Br)c2ccc(C(N)CO)cn12. The Balaban J connectivity index is 2.60. The van der Waals surface area contributed by atoms with Crippen LogP contribution in [0.3, 0.4) is 0 Å². The highest BCUT2D eigenvalue weighted by Crippen LogP contribution is 2.20. The maximum Gasteiger partial charge on any atom is 0.132 e. The fourth-order valence-corrected chi connectivity index (χ4v) is 2.11. The highest BCUT2D eigenvalue weighted by molar-refractivity contribution is 9.10. The van der Waals surface area contributed by atoms with Gasteiger partial charge in [-0.2, -0.15) is 0 Å². The molecule has 0 saturated heterocycles. The molecule has 0 aliphatic carbocycles. The zero-order valence-electron chi connectivity index (χ0n) is 8.31. The molecule has 15 heavy (non-hydrogen) atoms. The number of fused-ring (bicyclic) bond motifs is 1. The number of aliphatic hydroxyl groups excluding tert-OH is 1. The first-order valence-electron chi connectivity index (χ1n) is 4.64. The smallest absolute Gasteiger partial charge is 0.132 e. The average Bonchev–Trinajstić information content (AvgIpc) is 2.53. The summed E-state index contributed by atoms with van der Waals surface area (Å²) in [5.74, 6) is 0.892. The largest absolute Gasteiger partial charge is 0.394 e. The van der Waals surface area contributed by atoms with Gasteiger partial charge in [-0.25, -0.2) is 4.98 Å². The van der Waals surface area contributed by atoms with Crippen molar-refractivity contribution in [2.24, 2.45) is 5.73 Å². The second kappa shape index (κ2) is 3.92. The molecular formula is C10H12BrN3O. The van der Waals surface area contributed by atoms with Crippen molar-refractivity contribution in [2.75, 3.05) is 6.61 Å². The van der Waals surface area contributed by atoms with Crippen LogP contribution in [0, 0.1) is 6.92 Å². The van der Waals surface area contributed by atoms with Crippen LogP contribution in [0.1, 0.15) is 17.4 Å². The lowest BCUT2D eigenvalue weighted by atomic mass is 10.1. The highest BCUT2D eigenvalue weighted by Gasteiger charge is 2.09. The number of nitrogens with two attached hydrogens (primary N) is 1. The second-order valence-electron chi connectivity index (χ2n) is 3.46. The molecule has 80 valence electrons. The zero-order chi connectivity index (χ0) is 11.0. The molecule has 4 nitrogen and oxygen atoms in total. The standard InChI is InChI=1S/C10H12BrN3O/c1-6-13-10(11)9-3-2-7(4-14(6)9)8(12)5-15/h2-4,8,15H,5,12H2,1H3. The first kappa shape index (κ1) is 10.6. The van der Waals surface area contributed by atoms with Crippen molar-refractivity contribution in [1.82, 2.24) is 9.38 Å². The summed E-state index contributed by atoms with van der Waals surface area (Å²) >= 11 is 3.38. The molecule has 2 rings (SSSR count). The van der Waals surface area contributed by atoms with E-state index in [4.69, 9.17) is 10.8 Å². The molecule has 0 aromatic carbocycles. The maximum absolute atomic E-state index is 8.98. The molecule has 0 fully saturated rings. The molecular weight excluding hydrogens is 258 g/mol. The van der Waals surface area contributed by atoms with E-state index in [9.17, 15) is 0 Å². The number of aryl methyl sites for hydroxylation is 1. The van der Waals surface area contributed by atoms with Gasteiger partial charge in [0, 0.05) is 6.20 Å². The molecule has 1 unspecified atom stereocenters. The summed E-state index contributed by atoms with van der Waals surface area (Å²) in [5, 5.41) is 8.98. The summed E-state index contributed by atoms with van der Waals surface area (Å²) in [6.07, 6.45) is 1.91. The van der Waals surface area contributed by atoms with Crippen molar-refractivity contribution in [3.63, 3.8) is 0 Å². The van der Waals surface area contributed by atoms with E-state index >= 15 is 0 Å². The van der Waals surface area contributed by atoms with E-state index in [1.54, 1.807) is 0 Å². The van der Waals surface area contributed by atoms with E-state index < -0.39 is 0 Å². The Hall–Kier alpha value is -0.910. The summed E-state index contributed by atoms with van der Waals surface area (Å²) in [7, 11) is 0. The van der Waals surface area contributed by atoms with Gasteiger partial charge in [0.1, 0.15) is 10.4 Å². The van der Waals surface area contributed by atoms with Crippen LogP contribution >= 0.6 is 15.9 Å². The predicted molar refractivity (Wildman–Crippen MR) is 61.6 cm³/mol. The molecule has 2 aromatic rings. The van der Waals surface area contributed by atoms with E-state index in [2.05, 4.69) is 20.9 Å². The third-order valence-electron chi connectivity index (χ3n) is 2.42. The molecule has 2 heterocycles. The van der Waals surface area contributed by atoms with E-state index in [-0.39, 0.29) is 12.6 Å². The van der Waals surface area contributed by atoms with Crippen molar-refractivity contribution < 1.29 is 5.11 Å². The number of nitrogens with zero attached hydrogens (tertiary/aromatic N) is 2. The molecule has 3 N–H and O–H groups in total. The Kier molecular flexibility index (Phi) is 2.77. The van der Waals surface area contributed by atoms with Gasteiger partial charge in [0.05, 0.1) is 18.2 Å². The fourth-order valence-electron chi connectivity index (χ4n) is 1.53. The van der Waals surface area contributed by atoms with Gasteiger partial charge in [-0.15, -0.1) is 0 Å². The second-order valence-corrected chi connectivity index (χ2v) is 4.21. The van der Waals surface area contributed by atoms with Gasteiger partial charge in [-0.1, -0.05) is 6.07 Å². The molecule has 2 aromatic heterocycles. The van der Waals surface area contributed by atoms with Crippen LogP contribution in [0.15, 0.2) is 22.9 Å². The number of aliphatic hydroxyl groups is 1. The van der Waals surface area contributed by atoms with Crippen molar-refractivity contribution in [3.05, 3.63) is 34.3 Å². The number of halogens is 1. The minimum Gasteiger partial charge on any atom is -0.394 e. The first-order valence-corrected chi connectivity index (χ1v) is 5.43. The first-order chi connectivity index (χ1) is 7.13. The molecule has 0 saturated carbocycles. The van der Waals surface area contributed by atoms with Gasteiger partial charge in [0.2, 0.25) is 0 Å². The minimum atomic E-state index is -0.338. The number of hydrogen-bond acceptors (Lipinski definition) is 3. The molecule has 0 spiro atoms. The van der Waals surface area contributed by atoms with Gasteiger partial charge in [0.25, 0.3) is 0 Å². The van der Waals surface area contributed by atoms with E-state index in [0.29, 0.717) is 0 Å². The summed E-state index contributed by atoms with van der Waals surface area (Å²) in [6.45, 7) is 1.87. The van der Waals surface area contributed by atoms with Crippen LogP contribution in [0.25, 0.3) is 5.52 Å². The van der Waals surface area contributed by atoms with Crippen molar-refractivity contribution in [2.45, 2.75) is 13.0 Å². The van der Waals surface area contributed by atoms with E-state index in [1.165, 1.54) is 0 Å². The van der Waals surface area contributed by atoms with Crippen molar-refractivity contribution in [1.29, 1.82) is 0 Å². The molecule has 1 atom stereocenters. The number of aromatic nitrogens is 2. The molecule has 0 bridgehead atoms. The Labute approximate surface area is 95.9 Å². The Morgan fingerprint density at radius 1 is 1.60 bits per heavy atom. The maximum atomic E-state index is 8.98. The van der Waals surface area contributed by atoms with Crippen LogP contribution in [0.5, 0.6) is 0 Å². The number of imidazole rings is 1. The van der Waals surface area contributed by atoms with E-state index in [0.717, 1.165) is 21.5 Å². The summed E-state index contributed by atoms with van der Waals surface area (Å²) in [4.78, 5) is 4.29. The Morgan fingerprint density at radius 2 is 2.33 bits per heavy atom. The lowest BCUT2D eigenvalue weighted by molar-refractivity contribution is 0.267. The van der Waals surface area contributed by atoms with Crippen LogP contribution in [0.2, 0.25) is 0 Å². The average molecular weight is 270 g/mol. The highest BCUT2D eigenvalue weighted by atomic mass is 79.9. The summed E-state index contributed by atoms with van der Waals surface area (Å²) in [5.41, 5.74) is 7.65. The van der Waals surface area contributed by atoms with Gasteiger partial charge in [0.15, 0.2) is 0 Å².